The minimum Gasteiger partial charge on any atom is -0.372 e. The third kappa shape index (κ3) is 6.77. The second-order valence-electron chi connectivity index (χ2n) is 12.9. The number of urea groups is 1. The molecule has 1 aromatic heterocycles. The summed E-state index contributed by atoms with van der Waals surface area (Å²) in [5.41, 5.74) is 8.20. The van der Waals surface area contributed by atoms with Crippen LogP contribution < -0.4 is 30.7 Å². The number of hydrogen-bond donors (Lipinski definition) is 3. The lowest BCUT2D eigenvalue weighted by Crippen LogP contribution is -2.50. The molecule has 4 aliphatic heterocycles. The van der Waals surface area contributed by atoms with Gasteiger partial charge in [-0.15, -0.1) is 0 Å². The summed E-state index contributed by atoms with van der Waals surface area (Å²) in [6, 6.07) is 17.0. The van der Waals surface area contributed by atoms with Gasteiger partial charge in [0.2, 0.25) is 5.91 Å². The summed E-state index contributed by atoms with van der Waals surface area (Å²) in [6.07, 6.45) is 5.86. The number of benzene rings is 2. The smallest absolute Gasteiger partial charge is 0.328 e. The molecule has 2 aromatic carbocycles. The number of aromatic nitrogens is 1. The molecule has 3 fully saturated rings. The van der Waals surface area contributed by atoms with Gasteiger partial charge in [-0.3, -0.25) is 19.9 Å². The quantitative estimate of drug-likeness (QED) is 0.366. The van der Waals surface area contributed by atoms with Gasteiger partial charge in [-0.25, -0.2) is 9.78 Å². The van der Waals surface area contributed by atoms with Crippen LogP contribution in [0.25, 0.3) is 0 Å². The Morgan fingerprint density at radius 3 is 2.36 bits per heavy atom. The molecule has 7 rings (SSSR count). The van der Waals surface area contributed by atoms with Crippen molar-refractivity contribution in [3.8, 4) is 0 Å². The first-order valence-corrected chi connectivity index (χ1v) is 16.5. The lowest BCUT2D eigenvalue weighted by molar-refractivity contribution is -0.120. The molecule has 0 unspecified atom stereocenters. The maximum absolute atomic E-state index is 12.3. The number of nitrogens with one attached hydrogen (secondary N) is 3. The summed E-state index contributed by atoms with van der Waals surface area (Å²) in [7, 11) is 0. The minimum absolute atomic E-state index is 0.204. The highest BCUT2D eigenvalue weighted by Gasteiger charge is 2.27. The molecular weight excluding hydrogens is 564 g/mol. The Morgan fingerprint density at radius 2 is 1.60 bits per heavy atom. The van der Waals surface area contributed by atoms with Crippen molar-refractivity contribution in [3.05, 3.63) is 71.4 Å². The van der Waals surface area contributed by atoms with Crippen LogP contribution in [0, 0.1) is 12.8 Å². The Balaban J connectivity index is 0.857. The van der Waals surface area contributed by atoms with Crippen LogP contribution in [0.3, 0.4) is 0 Å². The standard InChI is InChI=1S/C35H44N8O2/c1-25-20-31(6-7-32(25)43-15-11-34(44)39-35(43)45)42-18-16-40(17-19-42)24-26-9-13-41(14-10-26)30-4-2-29(3-5-30)38-33-21-28-22-36-12-8-27(28)23-37-33/h2-7,20-21,23,26,36H,8-19,22,24H2,1H3,(H,37,38)(H,39,44,45). The van der Waals surface area contributed by atoms with E-state index in [1.165, 1.54) is 41.9 Å². The predicted molar refractivity (Wildman–Crippen MR) is 180 cm³/mol. The number of rotatable bonds is 7. The number of pyridine rings is 1. The molecule has 0 atom stereocenters. The maximum Gasteiger partial charge on any atom is 0.328 e. The molecule has 5 heterocycles. The largest absolute Gasteiger partial charge is 0.372 e. The van der Waals surface area contributed by atoms with Gasteiger partial charge in [0.05, 0.1) is 0 Å². The fourth-order valence-corrected chi connectivity index (χ4v) is 7.19. The summed E-state index contributed by atoms with van der Waals surface area (Å²) in [6.45, 7) is 12.0. The van der Waals surface area contributed by atoms with Gasteiger partial charge in [-0.2, -0.15) is 0 Å². The van der Waals surface area contributed by atoms with E-state index in [4.69, 9.17) is 0 Å². The van der Waals surface area contributed by atoms with Crippen LogP contribution in [0.2, 0.25) is 0 Å². The molecule has 4 aliphatic rings. The Labute approximate surface area is 265 Å². The van der Waals surface area contributed by atoms with Crippen molar-refractivity contribution in [3.63, 3.8) is 0 Å². The molecule has 0 aliphatic carbocycles. The van der Waals surface area contributed by atoms with Crippen LogP contribution in [0.1, 0.15) is 36.0 Å². The number of piperazine rings is 1. The summed E-state index contributed by atoms with van der Waals surface area (Å²) in [4.78, 5) is 37.7. The number of carbonyl (C=O) groups is 2. The number of piperidine rings is 1. The highest BCUT2D eigenvalue weighted by molar-refractivity contribution is 6.06. The highest BCUT2D eigenvalue weighted by Crippen LogP contribution is 2.29. The average molecular weight is 609 g/mol. The van der Waals surface area contributed by atoms with Gasteiger partial charge < -0.3 is 20.4 Å². The summed E-state index contributed by atoms with van der Waals surface area (Å²) < 4.78 is 0. The van der Waals surface area contributed by atoms with Crippen LogP contribution >= 0.6 is 0 Å². The van der Waals surface area contributed by atoms with Crippen LogP contribution in [0.4, 0.5) is 33.4 Å². The lowest BCUT2D eigenvalue weighted by atomic mass is 9.95. The van der Waals surface area contributed by atoms with E-state index in [-0.39, 0.29) is 11.9 Å². The monoisotopic (exact) mass is 608 g/mol. The number of anilines is 5. The highest BCUT2D eigenvalue weighted by atomic mass is 16.2. The molecule has 3 saturated heterocycles. The summed E-state index contributed by atoms with van der Waals surface area (Å²) in [5.74, 6) is 1.44. The SMILES string of the molecule is Cc1cc(N2CCN(CC3CCN(c4ccc(Nc5cc6c(cn5)CCNC6)cc4)CC3)CC2)ccc1N1CCC(=O)NC1=O. The molecule has 0 bridgehead atoms. The van der Waals surface area contributed by atoms with Crippen molar-refractivity contribution >= 4 is 40.5 Å². The second-order valence-corrected chi connectivity index (χ2v) is 12.9. The minimum atomic E-state index is -0.330. The van der Waals surface area contributed by atoms with E-state index in [1.54, 1.807) is 4.90 Å². The predicted octanol–water partition coefficient (Wildman–Crippen LogP) is 4.26. The second kappa shape index (κ2) is 13.1. The molecule has 0 radical (unpaired) electrons. The number of amides is 3. The van der Waals surface area contributed by atoms with Gasteiger partial charge in [0.15, 0.2) is 0 Å². The molecular formula is C35H44N8O2. The van der Waals surface area contributed by atoms with E-state index in [0.717, 1.165) is 87.5 Å². The first kappa shape index (κ1) is 29.6. The Hall–Kier alpha value is -4.15. The van der Waals surface area contributed by atoms with E-state index >= 15 is 0 Å². The van der Waals surface area contributed by atoms with Crippen LogP contribution in [-0.2, 0) is 17.8 Å². The molecule has 45 heavy (non-hydrogen) atoms. The van der Waals surface area contributed by atoms with Crippen LogP contribution in [0.15, 0.2) is 54.7 Å². The number of aryl methyl sites for hydroxylation is 1. The van der Waals surface area contributed by atoms with Crippen molar-refractivity contribution in [2.24, 2.45) is 5.92 Å². The molecule has 0 spiro atoms. The number of nitrogens with zero attached hydrogens (tertiary/aromatic N) is 5. The number of imide groups is 1. The van der Waals surface area contributed by atoms with E-state index in [9.17, 15) is 9.59 Å². The fourth-order valence-electron chi connectivity index (χ4n) is 7.19. The van der Waals surface area contributed by atoms with Crippen LogP contribution in [0.5, 0.6) is 0 Å². The van der Waals surface area contributed by atoms with E-state index in [0.29, 0.717) is 13.0 Å². The van der Waals surface area contributed by atoms with Crippen molar-refractivity contribution in [2.75, 3.05) is 78.9 Å². The fraction of sp³-hybridized carbons (Fsp3) is 0.457. The molecule has 10 heteroatoms. The van der Waals surface area contributed by atoms with E-state index < -0.39 is 0 Å². The van der Waals surface area contributed by atoms with Crippen molar-refractivity contribution in [1.29, 1.82) is 0 Å². The zero-order valence-electron chi connectivity index (χ0n) is 26.2. The number of fused-ring (bicyclic) bond motifs is 1. The average Bonchev–Trinajstić information content (AvgIpc) is 3.06. The summed E-state index contributed by atoms with van der Waals surface area (Å²) in [5, 5.41) is 9.34. The van der Waals surface area contributed by atoms with Crippen molar-refractivity contribution in [2.45, 2.75) is 39.2 Å². The number of hydrogen-bond acceptors (Lipinski definition) is 8. The zero-order chi connectivity index (χ0) is 30.8. The van der Waals surface area contributed by atoms with Gasteiger partial charge in [0, 0.05) is 94.3 Å². The van der Waals surface area contributed by atoms with E-state index in [2.05, 4.69) is 78.1 Å². The van der Waals surface area contributed by atoms with Crippen molar-refractivity contribution in [1.82, 2.24) is 20.5 Å². The maximum atomic E-state index is 12.3. The normalized spacial score (nSPS) is 19.8. The lowest BCUT2D eigenvalue weighted by Gasteiger charge is -2.40. The Kier molecular flexibility index (Phi) is 8.58. The first-order chi connectivity index (χ1) is 22.0. The molecule has 3 amide bonds. The van der Waals surface area contributed by atoms with Gasteiger partial charge in [-0.05, 0) is 104 Å². The molecule has 3 aromatic rings. The van der Waals surface area contributed by atoms with Gasteiger partial charge in [0.1, 0.15) is 5.82 Å². The van der Waals surface area contributed by atoms with Crippen LogP contribution in [-0.4, -0.2) is 80.7 Å². The van der Waals surface area contributed by atoms with Gasteiger partial charge in [-0.1, -0.05) is 0 Å². The molecule has 3 N–H and O–H groups in total. The van der Waals surface area contributed by atoms with Gasteiger partial charge >= 0.3 is 6.03 Å². The third-order valence-electron chi connectivity index (χ3n) is 9.87. The first-order valence-electron chi connectivity index (χ1n) is 16.5. The zero-order valence-corrected chi connectivity index (χ0v) is 26.2. The summed E-state index contributed by atoms with van der Waals surface area (Å²) >= 11 is 0. The molecule has 0 saturated carbocycles. The topological polar surface area (TPSA) is 96.1 Å². The number of carbonyl (C=O) groups excluding carboxylic acids is 2. The molecule has 236 valence electrons. The third-order valence-corrected chi connectivity index (χ3v) is 9.87. The Morgan fingerprint density at radius 1 is 0.844 bits per heavy atom. The van der Waals surface area contributed by atoms with Crippen molar-refractivity contribution < 1.29 is 9.59 Å². The van der Waals surface area contributed by atoms with Gasteiger partial charge in [0.25, 0.3) is 0 Å². The van der Waals surface area contributed by atoms with E-state index in [1.807, 2.05) is 19.2 Å². The Bertz CT molecular complexity index is 1530. The molecule has 10 nitrogen and oxygen atoms in total.